The Morgan fingerprint density at radius 2 is 1.74 bits per heavy atom. The zero-order valence-corrected chi connectivity index (χ0v) is 19.8. The van der Waals surface area contributed by atoms with Gasteiger partial charge in [0.25, 0.3) is 11.8 Å². The van der Waals surface area contributed by atoms with Crippen molar-refractivity contribution in [2.45, 2.75) is 25.9 Å². The number of rotatable bonds is 6. The van der Waals surface area contributed by atoms with Gasteiger partial charge in [0.05, 0.1) is 17.4 Å². The Bertz CT molecular complexity index is 1160. The van der Waals surface area contributed by atoms with Crippen molar-refractivity contribution in [2.24, 2.45) is 0 Å². The maximum absolute atomic E-state index is 12.9. The molecule has 1 fully saturated rings. The van der Waals surface area contributed by atoms with Crippen LogP contribution in [0, 0.1) is 6.92 Å². The lowest BCUT2D eigenvalue weighted by atomic mass is 10.1. The highest BCUT2D eigenvalue weighted by molar-refractivity contribution is 6.04. The van der Waals surface area contributed by atoms with E-state index in [9.17, 15) is 9.59 Å². The monoisotopic (exact) mass is 458 g/mol. The van der Waals surface area contributed by atoms with Gasteiger partial charge in [-0.05, 0) is 36.8 Å². The summed E-state index contributed by atoms with van der Waals surface area (Å²) in [7, 11) is 3.86. The van der Waals surface area contributed by atoms with Crippen molar-refractivity contribution in [3.63, 3.8) is 0 Å². The van der Waals surface area contributed by atoms with E-state index in [1.807, 2.05) is 73.3 Å². The SMILES string of the molecule is Cc1ccc(NC(=O)c2ccccc2)cc1OC1CCN(C(=O)c2cncc(N(C)C)c2)CC1. The quantitative estimate of drug-likeness (QED) is 0.593. The maximum atomic E-state index is 12.9. The van der Waals surface area contributed by atoms with Gasteiger partial charge in [-0.25, -0.2) is 0 Å². The first kappa shape index (κ1) is 23.3. The van der Waals surface area contributed by atoms with Crippen LogP contribution in [-0.2, 0) is 0 Å². The molecule has 2 heterocycles. The third-order valence-corrected chi connectivity index (χ3v) is 5.99. The molecule has 3 aromatic rings. The highest BCUT2D eigenvalue weighted by atomic mass is 16.5. The summed E-state index contributed by atoms with van der Waals surface area (Å²) in [5.41, 5.74) is 3.80. The van der Waals surface area contributed by atoms with Crippen LogP contribution in [0.25, 0.3) is 0 Å². The molecule has 1 saturated heterocycles. The summed E-state index contributed by atoms with van der Waals surface area (Å²) in [5, 5.41) is 2.93. The van der Waals surface area contributed by atoms with Crippen LogP contribution in [0.5, 0.6) is 5.75 Å². The van der Waals surface area contributed by atoms with E-state index < -0.39 is 0 Å². The van der Waals surface area contributed by atoms with Gasteiger partial charge in [0.1, 0.15) is 11.9 Å². The minimum Gasteiger partial charge on any atom is -0.490 e. The number of likely N-dealkylation sites (tertiary alicyclic amines) is 1. The predicted molar refractivity (Wildman–Crippen MR) is 134 cm³/mol. The van der Waals surface area contributed by atoms with E-state index in [0.717, 1.165) is 29.8 Å². The van der Waals surface area contributed by atoms with E-state index in [-0.39, 0.29) is 17.9 Å². The summed E-state index contributed by atoms with van der Waals surface area (Å²) >= 11 is 0. The molecular weight excluding hydrogens is 428 g/mol. The Kier molecular flexibility index (Phi) is 7.11. The number of pyridine rings is 1. The van der Waals surface area contributed by atoms with Gasteiger partial charge in [0.15, 0.2) is 0 Å². The first-order chi connectivity index (χ1) is 16.4. The van der Waals surface area contributed by atoms with Gasteiger partial charge in [0, 0.05) is 63.5 Å². The number of nitrogens with zero attached hydrogens (tertiary/aromatic N) is 3. The molecule has 2 aromatic carbocycles. The molecule has 0 spiro atoms. The van der Waals surface area contributed by atoms with Crippen molar-refractivity contribution in [1.82, 2.24) is 9.88 Å². The summed E-state index contributed by atoms with van der Waals surface area (Å²) in [6.07, 6.45) is 4.86. The smallest absolute Gasteiger partial charge is 0.255 e. The third-order valence-electron chi connectivity index (χ3n) is 5.99. The lowest BCUT2D eigenvalue weighted by molar-refractivity contribution is 0.0594. The van der Waals surface area contributed by atoms with E-state index >= 15 is 0 Å². The maximum Gasteiger partial charge on any atom is 0.255 e. The number of aromatic nitrogens is 1. The molecule has 0 radical (unpaired) electrons. The number of carbonyl (C=O) groups excluding carboxylic acids is 2. The number of piperidine rings is 1. The van der Waals surface area contributed by atoms with E-state index in [0.29, 0.717) is 29.9 Å². The number of nitrogens with one attached hydrogen (secondary N) is 1. The summed E-state index contributed by atoms with van der Waals surface area (Å²) in [5.74, 6) is 0.588. The number of anilines is 2. The summed E-state index contributed by atoms with van der Waals surface area (Å²) in [6.45, 7) is 3.24. The van der Waals surface area contributed by atoms with Crippen molar-refractivity contribution >= 4 is 23.2 Å². The Morgan fingerprint density at radius 1 is 1.00 bits per heavy atom. The van der Waals surface area contributed by atoms with Gasteiger partial charge in [-0.3, -0.25) is 14.6 Å². The summed E-state index contributed by atoms with van der Waals surface area (Å²) in [6, 6.07) is 16.7. The second-order valence-corrected chi connectivity index (χ2v) is 8.74. The van der Waals surface area contributed by atoms with E-state index in [2.05, 4.69) is 10.3 Å². The van der Waals surface area contributed by atoms with E-state index in [4.69, 9.17) is 4.74 Å². The predicted octanol–water partition coefficient (Wildman–Crippen LogP) is 4.39. The second-order valence-electron chi connectivity index (χ2n) is 8.74. The number of carbonyl (C=O) groups is 2. The number of hydrogen-bond acceptors (Lipinski definition) is 5. The first-order valence-corrected chi connectivity index (χ1v) is 11.5. The molecule has 1 aliphatic rings. The molecule has 176 valence electrons. The van der Waals surface area contributed by atoms with Crippen LogP contribution in [0.15, 0.2) is 67.0 Å². The Balaban J connectivity index is 1.36. The summed E-state index contributed by atoms with van der Waals surface area (Å²) < 4.78 is 6.29. The molecule has 34 heavy (non-hydrogen) atoms. The Hall–Kier alpha value is -3.87. The zero-order valence-electron chi connectivity index (χ0n) is 19.8. The minimum atomic E-state index is -0.157. The van der Waals surface area contributed by atoms with Crippen LogP contribution in [0.1, 0.15) is 39.1 Å². The van der Waals surface area contributed by atoms with Crippen molar-refractivity contribution < 1.29 is 14.3 Å². The molecule has 7 nitrogen and oxygen atoms in total. The summed E-state index contributed by atoms with van der Waals surface area (Å²) in [4.78, 5) is 33.4. The van der Waals surface area contributed by atoms with Crippen LogP contribution in [0.2, 0.25) is 0 Å². The van der Waals surface area contributed by atoms with Crippen LogP contribution in [0.4, 0.5) is 11.4 Å². The van der Waals surface area contributed by atoms with Gasteiger partial charge in [-0.1, -0.05) is 24.3 Å². The Labute approximate surface area is 200 Å². The fraction of sp³-hybridized carbons (Fsp3) is 0.296. The van der Waals surface area contributed by atoms with E-state index in [1.165, 1.54) is 0 Å². The van der Waals surface area contributed by atoms with Gasteiger partial charge in [0.2, 0.25) is 0 Å². The lowest BCUT2D eigenvalue weighted by Crippen LogP contribution is -2.41. The molecule has 1 aromatic heterocycles. The van der Waals surface area contributed by atoms with Gasteiger partial charge >= 0.3 is 0 Å². The minimum absolute atomic E-state index is 0.00328. The van der Waals surface area contributed by atoms with Crippen LogP contribution in [0.3, 0.4) is 0 Å². The molecule has 1 N–H and O–H groups in total. The molecule has 0 unspecified atom stereocenters. The normalized spacial score (nSPS) is 13.9. The first-order valence-electron chi connectivity index (χ1n) is 11.5. The van der Waals surface area contributed by atoms with Gasteiger partial charge in [-0.15, -0.1) is 0 Å². The number of aryl methyl sites for hydroxylation is 1. The topological polar surface area (TPSA) is 74.8 Å². The van der Waals surface area contributed by atoms with Crippen LogP contribution < -0.4 is 15.0 Å². The fourth-order valence-electron chi connectivity index (χ4n) is 3.93. The second kappa shape index (κ2) is 10.4. The zero-order chi connectivity index (χ0) is 24.1. The van der Waals surface area contributed by atoms with Gasteiger partial charge < -0.3 is 19.9 Å². The molecule has 1 aliphatic heterocycles. The Morgan fingerprint density at radius 3 is 2.44 bits per heavy atom. The molecular formula is C27H30N4O3. The molecule has 0 aliphatic carbocycles. The fourth-order valence-corrected chi connectivity index (χ4v) is 3.93. The molecule has 4 rings (SSSR count). The van der Waals surface area contributed by atoms with Crippen molar-refractivity contribution in [2.75, 3.05) is 37.4 Å². The highest BCUT2D eigenvalue weighted by Crippen LogP contribution is 2.27. The van der Waals surface area contributed by atoms with Gasteiger partial charge in [-0.2, -0.15) is 0 Å². The van der Waals surface area contributed by atoms with Crippen molar-refractivity contribution in [3.8, 4) is 5.75 Å². The molecule has 0 atom stereocenters. The van der Waals surface area contributed by atoms with Crippen molar-refractivity contribution in [1.29, 1.82) is 0 Å². The number of amides is 2. The highest BCUT2D eigenvalue weighted by Gasteiger charge is 2.25. The standard InChI is InChI=1S/C27H30N4O3/c1-19-9-10-22(29-26(32)20-7-5-4-6-8-20)16-25(19)34-24-11-13-31(14-12-24)27(33)21-15-23(30(2)3)18-28-17-21/h4-10,15-18,24H,11-14H2,1-3H3,(H,29,32). The third kappa shape index (κ3) is 5.54. The molecule has 0 saturated carbocycles. The van der Waals surface area contributed by atoms with Crippen molar-refractivity contribution in [3.05, 3.63) is 83.7 Å². The molecule has 7 heteroatoms. The largest absolute Gasteiger partial charge is 0.490 e. The molecule has 0 bridgehead atoms. The lowest BCUT2D eigenvalue weighted by Gasteiger charge is -2.32. The molecule has 2 amide bonds. The number of benzene rings is 2. The van der Waals surface area contributed by atoms with E-state index in [1.54, 1.807) is 24.5 Å². The average molecular weight is 459 g/mol. The van der Waals surface area contributed by atoms with Crippen LogP contribution >= 0.6 is 0 Å². The number of hydrogen-bond donors (Lipinski definition) is 1. The van der Waals surface area contributed by atoms with Crippen LogP contribution in [-0.4, -0.2) is 55.0 Å². The number of ether oxygens (including phenoxy) is 1. The average Bonchev–Trinajstić information content (AvgIpc) is 2.86.